The zero-order valence-electron chi connectivity index (χ0n) is 17.8. The van der Waals surface area contributed by atoms with Crippen molar-refractivity contribution in [1.29, 1.82) is 0 Å². The Morgan fingerprint density at radius 2 is 2.06 bits per heavy atom. The fourth-order valence-electron chi connectivity index (χ4n) is 4.38. The number of hydrogen-bond acceptors (Lipinski definition) is 5. The first kappa shape index (κ1) is 20.2. The van der Waals surface area contributed by atoms with Gasteiger partial charge in [0, 0.05) is 47.9 Å². The predicted octanol–water partition coefficient (Wildman–Crippen LogP) is 1.70. The monoisotopic (exact) mass is 432 g/mol. The van der Waals surface area contributed by atoms with Gasteiger partial charge in [-0.2, -0.15) is 5.10 Å². The van der Waals surface area contributed by atoms with E-state index in [0.29, 0.717) is 30.5 Å². The van der Waals surface area contributed by atoms with Crippen LogP contribution in [0.3, 0.4) is 0 Å². The second-order valence-corrected chi connectivity index (χ2v) is 8.22. The van der Waals surface area contributed by atoms with Crippen LogP contribution < -0.4 is 11.1 Å². The normalized spacial score (nSPS) is 16.7. The summed E-state index contributed by atoms with van der Waals surface area (Å²) in [6, 6.07) is 10.7. The van der Waals surface area contributed by atoms with Crippen LogP contribution in [-0.4, -0.2) is 48.3 Å². The number of piperidine rings is 1. The maximum atomic E-state index is 13.0. The Morgan fingerprint density at radius 1 is 1.22 bits per heavy atom. The van der Waals surface area contributed by atoms with Gasteiger partial charge in [0.2, 0.25) is 5.91 Å². The first-order valence-corrected chi connectivity index (χ1v) is 10.9. The molecule has 1 aliphatic heterocycles. The molecular weight excluding hydrogens is 408 g/mol. The van der Waals surface area contributed by atoms with Crippen LogP contribution in [-0.2, 0) is 17.8 Å². The van der Waals surface area contributed by atoms with E-state index in [-0.39, 0.29) is 29.5 Å². The van der Waals surface area contributed by atoms with Crippen molar-refractivity contribution in [3.63, 3.8) is 0 Å². The summed E-state index contributed by atoms with van der Waals surface area (Å²) in [7, 11) is 0. The average molecular weight is 432 g/mol. The van der Waals surface area contributed by atoms with Gasteiger partial charge < -0.3 is 4.90 Å². The molecule has 0 spiro atoms. The van der Waals surface area contributed by atoms with Crippen LogP contribution >= 0.6 is 0 Å². The number of nitrogens with one attached hydrogen (secondary N) is 1. The number of benzene rings is 1. The lowest BCUT2D eigenvalue weighted by Gasteiger charge is -2.32. The third-order valence-electron chi connectivity index (χ3n) is 6.15. The number of fused-ring (bicyclic) bond motifs is 2. The Morgan fingerprint density at radius 3 is 2.91 bits per heavy atom. The van der Waals surface area contributed by atoms with E-state index in [1.54, 1.807) is 23.2 Å². The number of aryl methyl sites for hydroxylation is 1. The molecule has 1 amide bonds. The SMILES string of the molecule is CCc1cc(=O)n2[nH]c(C3CCCN(C(=O)Cn4ncc5ccccc5c4=O)C3)cc2n1. The molecule has 1 atom stereocenters. The van der Waals surface area contributed by atoms with Crippen molar-refractivity contribution >= 4 is 22.3 Å². The van der Waals surface area contributed by atoms with Crippen LogP contribution in [0.15, 0.2) is 52.2 Å². The Bertz CT molecular complexity index is 1430. The number of hydrogen-bond donors (Lipinski definition) is 1. The standard InChI is InChI=1S/C23H24N6O3/c1-2-17-10-21(30)29-20(25-17)11-19(26-29)16-7-5-9-27(13-16)22(31)14-28-23(32)18-8-4-3-6-15(18)12-24-28/h3-4,6,8,10-12,16,26H,2,5,7,9,13-14H2,1H3. The van der Waals surface area contributed by atoms with Crippen LogP contribution in [0.4, 0.5) is 0 Å². The number of carbonyl (C=O) groups excluding carboxylic acids is 1. The third-order valence-corrected chi connectivity index (χ3v) is 6.15. The minimum Gasteiger partial charge on any atom is -0.340 e. The summed E-state index contributed by atoms with van der Waals surface area (Å²) >= 11 is 0. The molecule has 32 heavy (non-hydrogen) atoms. The molecule has 0 radical (unpaired) electrons. The topological polar surface area (TPSA) is 105 Å². The third kappa shape index (κ3) is 3.59. The van der Waals surface area contributed by atoms with Gasteiger partial charge in [-0.3, -0.25) is 19.5 Å². The molecule has 1 aliphatic rings. The van der Waals surface area contributed by atoms with Gasteiger partial charge in [0.05, 0.1) is 11.6 Å². The van der Waals surface area contributed by atoms with Crippen molar-refractivity contribution in [3.8, 4) is 0 Å². The van der Waals surface area contributed by atoms with Crippen LogP contribution in [0.1, 0.15) is 37.1 Å². The van der Waals surface area contributed by atoms with Gasteiger partial charge in [0.1, 0.15) is 6.54 Å². The van der Waals surface area contributed by atoms with Crippen LogP contribution in [0.25, 0.3) is 16.4 Å². The number of carbonyl (C=O) groups is 1. The van der Waals surface area contributed by atoms with Gasteiger partial charge in [0.15, 0.2) is 5.65 Å². The number of aromatic amines is 1. The number of aromatic nitrogens is 5. The van der Waals surface area contributed by atoms with Crippen molar-refractivity contribution in [2.45, 2.75) is 38.6 Å². The van der Waals surface area contributed by atoms with Gasteiger partial charge >= 0.3 is 0 Å². The van der Waals surface area contributed by atoms with E-state index < -0.39 is 0 Å². The zero-order valence-corrected chi connectivity index (χ0v) is 17.8. The molecule has 5 rings (SSSR count). The highest BCUT2D eigenvalue weighted by Gasteiger charge is 2.27. The van der Waals surface area contributed by atoms with E-state index in [2.05, 4.69) is 15.2 Å². The highest BCUT2D eigenvalue weighted by atomic mass is 16.2. The fourth-order valence-corrected chi connectivity index (χ4v) is 4.38. The number of likely N-dealkylation sites (tertiary alicyclic amines) is 1. The lowest BCUT2D eigenvalue weighted by Crippen LogP contribution is -2.42. The molecule has 1 aromatic carbocycles. The van der Waals surface area contributed by atoms with E-state index in [9.17, 15) is 14.4 Å². The molecule has 4 aromatic rings. The summed E-state index contributed by atoms with van der Waals surface area (Å²) in [4.78, 5) is 44.3. The molecule has 1 N–H and O–H groups in total. The molecule has 1 saturated heterocycles. The fraction of sp³-hybridized carbons (Fsp3) is 0.348. The predicted molar refractivity (Wildman–Crippen MR) is 120 cm³/mol. The largest absolute Gasteiger partial charge is 0.340 e. The highest BCUT2D eigenvalue weighted by Crippen LogP contribution is 2.26. The number of amides is 1. The quantitative estimate of drug-likeness (QED) is 0.528. The minimum atomic E-state index is -0.266. The molecule has 1 unspecified atom stereocenters. The van der Waals surface area contributed by atoms with E-state index in [0.717, 1.165) is 29.6 Å². The summed E-state index contributed by atoms with van der Waals surface area (Å²) in [5.74, 6) is -0.0700. The Balaban J connectivity index is 1.36. The first-order chi connectivity index (χ1) is 15.5. The van der Waals surface area contributed by atoms with Crippen molar-refractivity contribution in [2.24, 2.45) is 0 Å². The lowest BCUT2D eigenvalue weighted by atomic mass is 9.95. The Hall–Kier alpha value is -3.75. The van der Waals surface area contributed by atoms with Gasteiger partial charge in [-0.25, -0.2) is 14.2 Å². The summed E-state index contributed by atoms with van der Waals surface area (Å²) < 4.78 is 2.68. The van der Waals surface area contributed by atoms with Gasteiger partial charge in [-0.05, 0) is 25.3 Å². The van der Waals surface area contributed by atoms with E-state index in [1.165, 1.54) is 15.3 Å². The van der Waals surface area contributed by atoms with Gasteiger partial charge in [0.25, 0.3) is 11.1 Å². The average Bonchev–Trinajstić information content (AvgIpc) is 3.26. The molecule has 4 heterocycles. The number of nitrogens with zero attached hydrogens (tertiary/aromatic N) is 5. The van der Waals surface area contributed by atoms with Crippen molar-refractivity contribution < 1.29 is 4.79 Å². The molecule has 164 valence electrons. The molecule has 3 aromatic heterocycles. The molecule has 0 saturated carbocycles. The van der Waals surface area contributed by atoms with E-state index >= 15 is 0 Å². The van der Waals surface area contributed by atoms with Crippen molar-refractivity contribution in [3.05, 3.63) is 74.7 Å². The summed E-state index contributed by atoms with van der Waals surface area (Å²) in [6.45, 7) is 3.02. The minimum absolute atomic E-state index is 0.0696. The van der Waals surface area contributed by atoms with Crippen molar-refractivity contribution in [2.75, 3.05) is 13.1 Å². The molecule has 9 heteroatoms. The lowest BCUT2D eigenvalue weighted by molar-refractivity contribution is -0.133. The number of rotatable bonds is 4. The van der Waals surface area contributed by atoms with E-state index in [4.69, 9.17) is 0 Å². The van der Waals surface area contributed by atoms with Crippen molar-refractivity contribution in [1.82, 2.24) is 29.3 Å². The molecule has 0 bridgehead atoms. The van der Waals surface area contributed by atoms with Gasteiger partial charge in [-0.15, -0.1) is 0 Å². The number of H-pyrrole nitrogens is 1. The van der Waals surface area contributed by atoms with Crippen LogP contribution in [0.5, 0.6) is 0 Å². The molecule has 9 nitrogen and oxygen atoms in total. The Kier molecular flexibility index (Phi) is 5.08. The highest BCUT2D eigenvalue weighted by molar-refractivity contribution is 5.81. The smallest absolute Gasteiger partial charge is 0.275 e. The summed E-state index contributed by atoms with van der Waals surface area (Å²) in [5.41, 5.74) is 1.84. The molecular formula is C23H24N6O3. The second-order valence-electron chi connectivity index (χ2n) is 8.22. The summed E-state index contributed by atoms with van der Waals surface area (Å²) in [5, 5.41) is 8.64. The first-order valence-electron chi connectivity index (χ1n) is 10.9. The summed E-state index contributed by atoms with van der Waals surface area (Å²) in [6.07, 6.45) is 4.05. The van der Waals surface area contributed by atoms with E-state index in [1.807, 2.05) is 25.1 Å². The van der Waals surface area contributed by atoms with Crippen LogP contribution in [0, 0.1) is 0 Å². The Labute approximate surface area is 183 Å². The zero-order chi connectivity index (χ0) is 22.2. The molecule has 0 aliphatic carbocycles. The maximum absolute atomic E-state index is 13.0. The molecule has 1 fully saturated rings. The van der Waals surface area contributed by atoms with Gasteiger partial charge in [-0.1, -0.05) is 25.1 Å². The second kappa shape index (κ2) is 8.07. The maximum Gasteiger partial charge on any atom is 0.275 e. The van der Waals surface area contributed by atoms with Crippen LogP contribution in [0.2, 0.25) is 0 Å².